The van der Waals surface area contributed by atoms with Crippen LogP contribution in [0, 0.1) is 6.57 Å². The number of methoxy groups -OCH3 is 1. The highest BCUT2D eigenvalue weighted by molar-refractivity contribution is 4.81. The van der Waals surface area contributed by atoms with Crippen molar-refractivity contribution in [1.29, 1.82) is 0 Å². The van der Waals surface area contributed by atoms with Crippen LogP contribution in [0.2, 0.25) is 0 Å². The van der Waals surface area contributed by atoms with Crippen LogP contribution in [0.25, 0.3) is 4.85 Å². The lowest BCUT2D eigenvalue weighted by atomic mass is 10.1. The second-order valence-corrected chi connectivity index (χ2v) is 2.30. The number of nitrogens with zero attached hydrogens (tertiary/aromatic N) is 1. The molecule has 0 heterocycles. The van der Waals surface area contributed by atoms with Gasteiger partial charge in [-0.25, -0.2) is 0 Å². The molecule has 2 heteroatoms. The molecule has 0 aliphatic rings. The zero-order chi connectivity index (χ0) is 6.62. The highest BCUT2D eigenvalue weighted by Gasteiger charge is 2.21. The third-order valence-corrected chi connectivity index (χ3v) is 1.02. The molecule has 0 aliphatic carbocycles. The normalized spacial score (nSPS) is 10.8. The second kappa shape index (κ2) is 2.68. The van der Waals surface area contributed by atoms with Crippen LogP contribution < -0.4 is 0 Å². The van der Waals surface area contributed by atoms with Crippen LogP contribution in [-0.4, -0.2) is 19.3 Å². The summed E-state index contributed by atoms with van der Waals surface area (Å²) >= 11 is 0. The quantitative estimate of drug-likeness (QED) is 0.528. The standard InChI is InChI=1S/C6H12NO/c1-6(2,8-4)5-7-3/h3H,5H2,1-2,4H3/q+1. The Kier molecular flexibility index (Phi) is 2.50. The van der Waals surface area contributed by atoms with Crippen molar-refractivity contribution in [3.05, 3.63) is 4.85 Å². The Balaban J connectivity index is 3.58. The van der Waals surface area contributed by atoms with Crippen LogP contribution in [0.3, 0.4) is 0 Å². The van der Waals surface area contributed by atoms with Crippen LogP contribution in [-0.2, 0) is 4.74 Å². The van der Waals surface area contributed by atoms with Gasteiger partial charge in [0, 0.05) is 7.11 Å². The lowest BCUT2D eigenvalue weighted by Crippen LogP contribution is -2.25. The second-order valence-electron chi connectivity index (χ2n) is 2.30. The van der Waals surface area contributed by atoms with Gasteiger partial charge in [-0.2, -0.15) is 0 Å². The van der Waals surface area contributed by atoms with E-state index in [9.17, 15) is 0 Å². The van der Waals surface area contributed by atoms with Crippen molar-refractivity contribution in [2.24, 2.45) is 0 Å². The molecule has 0 aliphatic heterocycles. The smallest absolute Gasteiger partial charge is 0.291 e. The molecule has 0 unspecified atom stereocenters. The molecule has 2 nitrogen and oxygen atoms in total. The van der Waals surface area contributed by atoms with Gasteiger partial charge in [0.2, 0.25) is 0 Å². The summed E-state index contributed by atoms with van der Waals surface area (Å²) in [6.07, 6.45) is 0. The van der Waals surface area contributed by atoms with E-state index in [2.05, 4.69) is 4.85 Å². The van der Waals surface area contributed by atoms with Crippen molar-refractivity contribution in [3.63, 3.8) is 0 Å². The minimum atomic E-state index is -0.200. The summed E-state index contributed by atoms with van der Waals surface area (Å²) in [6, 6.07) is 0. The van der Waals surface area contributed by atoms with Crippen molar-refractivity contribution < 1.29 is 4.74 Å². The van der Waals surface area contributed by atoms with E-state index in [1.54, 1.807) is 7.11 Å². The van der Waals surface area contributed by atoms with Gasteiger partial charge in [0.05, 0.1) is 0 Å². The fourth-order valence-corrected chi connectivity index (χ4v) is 0.284. The molecule has 0 bridgehead atoms. The van der Waals surface area contributed by atoms with Gasteiger partial charge in [0.1, 0.15) is 5.60 Å². The van der Waals surface area contributed by atoms with Gasteiger partial charge in [-0.1, -0.05) is 4.85 Å². The predicted molar refractivity (Wildman–Crippen MR) is 34.3 cm³/mol. The topological polar surface area (TPSA) is 13.6 Å². The lowest BCUT2D eigenvalue weighted by Gasteiger charge is -2.12. The number of hydrogen-bond acceptors (Lipinski definition) is 1. The molecule has 0 aromatic carbocycles. The van der Waals surface area contributed by atoms with Crippen LogP contribution in [0.5, 0.6) is 0 Å². The minimum Gasteiger partial charge on any atom is -0.371 e. The van der Waals surface area contributed by atoms with Crippen molar-refractivity contribution in [2.45, 2.75) is 19.4 Å². The summed E-state index contributed by atoms with van der Waals surface area (Å²) in [5.41, 5.74) is -0.200. The molecule has 0 radical (unpaired) electrons. The molecule has 8 heavy (non-hydrogen) atoms. The van der Waals surface area contributed by atoms with Gasteiger partial charge in [-0.05, 0) is 13.8 Å². The van der Waals surface area contributed by atoms with Crippen LogP contribution >= 0.6 is 0 Å². The highest BCUT2D eigenvalue weighted by Crippen LogP contribution is 2.06. The Labute approximate surface area is 50.3 Å². The molecule has 0 fully saturated rings. The molecule has 46 valence electrons. The van der Waals surface area contributed by atoms with E-state index in [0.717, 1.165) is 0 Å². The van der Waals surface area contributed by atoms with Gasteiger partial charge in [0.25, 0.3) is 13.1 Å². The molecular formula is C6H12NO+. The van der Waals surface area contributed by atoms with Crippen LogP contribution in [0.4, 0.5) is 0 Å². The summed E-state index contributed by atoms with van der Waals surface area (Å²) < 4.78 is 5.00. The zero-order valence-corrected chi connectivity index (χ0v) is 5.64. The Morgan fingerprint density at radius 1 is 1.62 bits per heavy atom. The highest BCUT2D eigenvalue weighted by atomic mass is 16.5. The van der Waals surface area contributed by atoms with Crippen molar-refractivity contribution in [2.75, 3.05) is 13.7 Å². The molecule has 0 rings (SSSR count). The average Bonchev–Trinajstić information content (AvgIpc) is 1.67. The Morgan fingerprint density at radius 3 is 2.25 bits per heavy atom. The van der Waals surface area contributed by atoms with Gasteiger partial charge in [-0.15, -0.1) is 0 Å². The van der Waals surface area contributed by atoms with Crippen LogP contribution in [0.15, 0.2) is 0 Å². The maximum Gasteiger partial charge on any atom is 0.291 e. The summed E-state index contributed by atoms with van der Waals surface area (Å²) in [7, 11) is 1.64. The summed E-state index contributed by atoms with van der Waals surface area (Å²) in [4.78, 5) is 3.45. The fraction of sp³-hybridized carbons (Fsp3) is 0.833. The zero-order valence-electron chi connectivity index (χ0n) is 5.64. The first-order valence-electron chi connectivity index (χ1n) is 2.54. The Morgan fingerprint density at radius 2 is 2.12 bits per heavy atom. The van der Waals surface area contributed by atoms with Crippen molar-refractivity contribution in [1.82, 2.24) is 0 Å². The first-order valence-corrected chi connectivity index (χ1v) is 2.54. The molecule has 0 amide bonds. The average molecular weight is 114 g/mol. The lowest BCUT2D eigenvalue weighted by molar-refractivity contribution is 0.0372. The van der Waals surface area contributed by atoms with Crippen LogP contribution in [0.1, 0.15) is 13.8 Å². The van der Waals surface area contributed by atoms with E-state index in [-0.39, 0.29) is 5.60 Å². The third kappa shape index (κ3) is 2.59. The summed E-state index contributed by atoms with van der Waals surface area (Å²) in [5.74, 6) is 0. The number of rotatable bonds is 2. The third-order valence-electron chi connectivity index (χ3n) is 1.02. The predicted octanol–water partition coefficient (Wildman–Crippen LogP) is 1.37. The van der Waals surface area contributed by atoms with Gasteiger partial charge in [-0.3, -0.25) is 0 Å². The SMILES string of the molecule is C#[N+]CC(C)(C)OC. The van der Waals surface area contributed by atoms with Crippen molar-refractivity contribution >= 4 is 0 Å². The first kappa shape index (κ1) is 7.45. The monoisotopic (exact) mass is 114 g/mol. The molecule has 0 atom stereocenters. The molecule has 0 N–H and O–H groups in total. The van der Waals surface area contributed by atoms with E-state index < -0.39 is 0 Å². The number of ether oxygens (including phenoxy) is 1. The Bertz CT molecular complexity index is 102. The Hall–Kier alpha value is -0.550. The van der Waals surface area contributed by atoms with Gasteiger partial charge < -0.3 is 4.74 Å². The van der Waals surface area contributed by atoms with E-state index in [1.807, 2.05) is 13.8 Å². The molecule has 0 saturated heterocycles. The van der Waals surface area contributed by atoms with E-state index in [4.69, 9.17) is 11.3 Å². The summed E-state index contributed by atoms with van der Waals surface area (Å²) in [5, 5.41) is 0. The largest absolute Gasteiger partial charge is 0.371 e. The maximum atomic E-state index is 5.00. The minimum absolute atomic E-state index is 0.200. The van der Waals surface area contributed by atoms with Gasteiger partial charge >= 0.3 is 0 Å². The number of hydrogen-bond donors (Lipinski definition) is 0. The molecule has 0 aromatic rings. The molecular weight excluding hydrogens is 102 g/mol. The summed E-state index contributed by atoms with van der Waals surface area (Å²) in [6.45, 7) is 9.35. The van der Waals surface area contributed by atoms with E-state index in [0.29, 0.717) is 6.54 Å². The van der Waals surface area contributed by atoms with Crippen molar-refractivity contribution in [3.8, 4) is 6.57 Å². The van der Waals surface area contributed by atoms with Gasteiger partial charge in [0.15, 0.2) is 0 Å². The maximum absolute atomic E-state index is 5.00. The van der Waals surface area contributed by atoms with E-state index >= 15 is 0 Å². The molecule has 0 saturated carbocycles. The first-order chi connectivity index (χ1) is 3.62. The molecule has 0 aromatic heterocycles. The van der Waals surface area contributed by atoms with E-state index in [1.165, 1.54) is 0 Å². The fourth-order valence-electron chi connectivity index (χ4n) is 0.284. The molecule has 0 spiro atoms.